The van der Waals surface area contributed by atoms with Gasteiger partial charge in [0.15, 0.2) is 0 Å². The third kappa shape index (κ3) is 4.42. The SMILES string of the molecule is NC(CCN(Cc1cccnc1)c1ncccc1Br)=NO. The van der Waals surface area contributed by atoms with Gasteiger partial charge in [-0.3, -0.25) is 4.98 Å². The average Bonchev–Trinajstić information content (AvgIpc) is 2.52. The molecule has 3 N–H and O–H groups in total. The smallest absolute Gasteiger partial charge is 0.143 e. The minimum absolute atomic E-state index is 0.193. The normalized spacial score (nSPS) is 11.4. The van der Waals surface area contributed by atoms with Crippen molar-refractivity contribution >= 4 is 27.6 Å². The Labute approximate surface area is 131 Å². The summed E-state index contributed by atoms with van der Waals surface area (Å²) in [5.74, 6) is 1.00. The van der Waals surface area contributed by atoms with E-state index in [0.717, 1.165) is 15.9 Å². The standard InChI is InChI=1S/C14H16BrN5O/c15-12-4-2-7-18-14(12)20(8-5-13(16)19-21)10-11-3-1-6-17-9-11/h1-4,6-7,9,21H,5,8,10H2,(H2,16,19). The maximum absolute atomic E-state index is 8.67. The zero-order chi connectivity index (χ0) is 15.1. The zero-order valence-electron chi connectivity index (χ0n) is 11.4. The number of aromatic nitrogens is 2. The van der Waals surface area contributed by atoms with E-state index in [2.05, 4.69) is 36.0 Å². The van der Waals surface area contributed by atoms with E-state index in [9.17, 15) is 0 Å². The first-order chi connectivity index (χ1) is 10.2. The molecule has 0 spiro atoms. The molecule has 7 heteroatoms. The van der Waals surface area contributed by atoms with Crippen LogP contribution in [0.5, 0.6) is 0 Å². The van der Waals surface area contributed by atoms with E-state index in [1.807, 2.05) is 30.5 Å². The molecule has 0 aliphatic heterocycles. The van der Waals surface area contributed by atoms with Crippen molar-refractivity contribution in [2.24, 2.45) is 10.9 Å². The number of halogens is 1. The lowest BCUT2D eigenvalue weighted by Crippen LogP contribution is -2.28. The molecule has 0 bridgehead atoms. The highest BCUT2D eigenvalue weighted by Gasteiger charge is 2.12. The van der Waals surface area contributed by atoms with Gasteiger partial charge < -0.3 is 15.8 Å². The van der Waals surface area contributed by atoms with Crippen LogP contribution in [-0.4, -0.2) is 27.6 Å². The third-order valence-corrected chi connectivity index (χ3v) is 3.52. The molecular formula is C14H16BrN5O. The first-order valence-corrected chi connectivity index (χ1v) is 7.20. The fourth-order valence-corrected chi connectivity index (χ4v) is 2.39. The van der Waals surface area contributed by atoms with Crippen molar-refractivity contribution in [1.29, 1.82) is 0 Å². The number of amidine groups is 1. The van der Waals surface area contributed by atoms with Gasteiger partial charge in [-0.2, -0.15) is 0 Å². The van der Waals surface area contributed by atoms with Crippen LogP contribution in [0.25, 0.3) is 0 Å². The van der Waals surface area contributed by atoms with Crippen molar-refractivity contribution in [3.8, 4) is 0 Å². The minimum Gasteiger partial charge on any atom is -0.409 e. The van der Waals surface area contributed by atoms with Crippen molar-refractivity contribution in [1.82, 2.24) is 9.97 Å². The highest BCUT2D eigenvalue weighted by Crippen LogP contribution is 2.24. The van der Waals surface area contributed by atoms with Crippen LogP contribution in [0, 0.1) is 0 Å². The number of hydrogen-bond acceptors (Lipinski definition) is 5. The second-order valence-corrected chi connectivity index (χ2v) is 5.29. The van der Waals surface area contributed by atoms with Gasteiger partial charge in [-0.1, -0.05) is 11.2 Å². The van der Waals surface area contributed by atoms with Gasteiger partial charge in [-0.05, 0) is 39.7 Å². The predicted octanol–water partition coefficient (Wildman–Crippen LogP) is 2.38. The highest BCUT2D eigenvalue weighted by molar-refractivity contribution is 9.10. The number of rotatable bonds is 6. The minimum atomic E-state index is 0.193. The summed E-state index contributed by atoms with van der Waals surface area (Å²) >= 11 is 3.50. The topological polar surface area (TPSA) is 87.6 Å². The maximum Gasteiger partial charge on any atom is 0.143 e. The molecule has 0 aliphatic carbocycles. The molecular weight excluding hydrogens is 334 g/mol. The van der Waals surface area contributed by atoms with Crippen molar-refractivity contribution < 1.29 is 5.21 Å². The molecule has 2 heterocycles. The summed E-state index contributed by atoms with van der Waals surface area (Å²) in [6.45, 7) is 1.22. The Balaban J connectivity index is 2.20. The highest BCUT2D eigenvalue weighted by atomic mass is 79.9. The first kappa shape index (κ1) is 15.2. The van der Waals surface area contributed by atoms with Crippen molar-refractivity contribution in [3.05, 3.63) is 52.9 Å². The van der Waals surface area contributed by atoms with Gasteiger partial charge in [0, 0.05) is 38.1 Å². The van der Waals surface area contributed by atoms with Crippen LogP contribution in [0.1, 0.15) is 12.0 Å². The molecule has 0 unspecified atom stereocenters. The van der Waals surface area contributed by atoms with E-state index in [0.29, 0.717) is 19.5 Å². The van der Waals surface area contributed by atoms with E-state index in [1.165, 1.54) is 0 Å². The molecule has 0 aliphatic rings. The second-order valence-electron chi connectivity index (χ2n) is 4.43. The van der Waals surface area contributed by atoms with Gasteiger partial charge in [0.2, 0.25) is 0 Å². The van der Waals surface area contributed by atoms with E-state index in [-0.39, 0.29) is 5.84 Å². The fraction of sp³-hybridized carbons (Fsp3) is 0.214. The molecule has 2 aromatic heterocycles. The molecule has 2 aromatic rings. The van der Waals surface area contributed by atoms with E-state index >= 15 is 0 Å². The lowest BCUT2D eigenvalue weighted by molar-refractivity contribution is 0.317. The van der Waals surface area contributed by atoms with E-state index in [1.54, 1.807) is 12.4 Å². The number of nitrogens with zero attached hydrogens (tertiary/aromatic N) is 4. The summed E-state index contributed by atoms with van der Waals surface area (Å²) in [5.41, 5.74) is 6.62. The predicted molar refractivity (Wildman–Crippen MR) is 85.2 cm³/mol. The van der Waals surface area contributed by atoms with Crippen LogP contribution in [-0.2, 0) is 6.54 Å². The molecule has 21 heavy (non-hydrogen) atoms. The van der Waals surface area contributed by atoms with Crippen molar-refractivity contribution in [3.63, 3.8) is 0 Å². The van der Waals surface area contributed by atoms with E-state index in [4.69, 9.17) is 10.9 Å². The second kappa shape index (κ2) is 7.58. The Kier molecular flexibility index (Phi) is 5.51. The number of pyridine rings is 2. The van der Waals surface area contributed by atoms with Gasteiger partial charge >= 0.3 is 0 Å². The third-order valence-electron chi connectivity index (χ3n) is 2.90. The monoisotopic (exact) mass is 349 g/mol. The largest absolute Gasteiger partial charge is 0.409 e. The molecule has 0 saturated carbocycles. The van der Waals surface area contributed by atoms with Gasteiger partial charge in [0.1, 0.15) is 11.7 Å². The number of hydrogen-bond donors (Lipinski definition) is 2. The molecule has 110 valence electrons. The Morgan fingerprint density at radius 1 is 1.33 bits per heavy atom. The van der Waals surface area contributed by atoms with Crippen LogP contribution in [0.4, 0.5) is 5.82 Å². The Hall–Kier alpha value is -2.15. The summed E-state index contributed by atoms with van der Waals surface area (Å²) in [6, 6.07) is 7.69. The van der Waals surface area contributed by atoms with Gasteiger partial charge in [0.05, 0.1) is 4.47 Å². The average molecular weight is 350 g/mol. The maximum atomic E-state index is 8.67. The first-order valence-electron chi connectivity index (χ1n) is 6.41. The zero-order valence-corrected chi connectivity index (χ0v) is 12.9. The van der Waals surface area contributed by atoms with E-state index < -0.39 is 0 Å². The lowest BCUT2D eigenvalue weighted by Gasteiger charge is -2.24. The van der Waals surface area contributed by atoms with Crippen LogP contribution >= 0.6 is 15.9 Å². The lowest BCUT2D eigenvalue weighted by atomic mass is 10.2. The van der Waals surface area contributed by atoms with Gasteiger partial charge in [0.25, 0.3) is 0 Å². The van der Waals surface area contributed by atoms with Gasteiger partial charge in [-0.15, -0.1) is 0 Å². The number of anilines is 1. The quantitative estimate of drug-likeness (QED) is 0.361. The summed E-state index contributed by atoms with van der Waals surface area (Å²) < 4.78 is 0.897. The Bertz CT molecular complexity index is 605. The summed E-state index contributed by atoms with van der Waals surface area (Å²) in [4.78, 5) is 10.6. The number of nitrogens with two attached hydrogens (primary N) is 1. The van der Waals surface area contributed by atoms with Crippen molar-refractivity contribution in [2.45, 2.75) is 13.0 Å². The molecule has 2 rings (SSSR count). The molecule has 0 saturated heterocycles. The van der Waals surface area contributed by atoms with Crippen LogP contribution < -0.4 is 10.6 Å². The summed E-state index contributed by atoms with van der Waals surface area (Å²) in [6.07, 6.45) is 5.73. The fourth-order valence-electron chi connectivity index (χ4n) is 1.88. The Morgan fingerprint density at radius 2 is 2.14 bits per heavy atom. The Morgan fingerprint density at radius 3 is 2.81 bits per heavy atom. The molecule has 0 amide bonds. The van der Waals surface area contributed by atoms with Crippen LogP contribution in [0.3, 0.4) is 0 Å². The van der Waals surface area contributed by atoms with Gasteiger partial charge in [-0.25, -0.2) is 4.98 Å². The molecule has 0 aromatic carbocycles. The molecule has 0 radical (unpaired) electrons. The molecule has 0 fully saturated rings. The van der Waals surface area contributed by atoms with Crippen LogP contribution in [0.2, 0.25) is 0 Å². The summed E-state index contributed by atoms with van der Waals surface area (Å²) in [5, 5.41) is 11.7. The summed E-state index contributed by atoms with van der Waals surface area (Å²) in [7, 11) is 0. The molecule has 0 atom stereocenters. The molecule has 6 nitrogen and oxygen atoms in total. The number of oxime groups is 1. The van der Waals surface area contributed by atoms with Crippen molar-refractivity contribution in [2.75, 3.05) is 11.4 Å². The van der Waals surface area contributed by atoms with Crippen LogP contribution in [0.15, 0.2) is 52.5 Å².